The van der Waals surface area contributed by atoms with Gasteiger partial charge in [-0.1, -0.05) is 47.5 Å². The van der Waals surface area contributed by atoms with Crippen molar-refractivity contribution < 1.29 is 4.79 Å². The molecule has 0 aromatic heterocycles. The van der Waals surface area contributed by atoms with Crippen LogP contribution in [-0.4, -0.2) is 5.91 Å². The normalized spacial score (nSPS) is 10.9. The van der Waals surface area contributed by atoms with Crippen LogP contribution in [0.4, 0.5) is 5.69 Å². The van der Waals surface area contributed by atoms with Crippen LogP contribution in [0.2, 0.25) is 10.0 Å². The molecule has 2 aromatic carbocycles. The molecule has 0 aliphatic heterocycles. The molecule has 0 aliphatic carbocycles. The fourth-order valence-electron chi connectivity index (χ4n) is 1.77. The number of amides is 1. The van der Waals surface area contributed by atoms with E-state index in [4.69, 9.17) is 23.2 Å². The topological polar surface area (TPSA) is 52.9 Å². The van der Waals surface area contributed by atoms with E-state index < -0.39 is 5.91 Å². The van der Waals surface area contributed by atoms with Crippen molar-refractivity contribution in [2.45, 2.75) is 6.92 Å². The van der Waals surface area contributed by atoms with Gasteiger partial charge in [0.2, 0.25) is 0 Å². The second-order valence-corrected chi connectivity index (χ2v) is 5.42. The zero-order chi connectivity index (χ0) is 16.1. The maximum atomic E-state index is 12.2. The molecule has 0 radical (unpaired) electrons. The molecule has 0 saturated carbocycles. The van der Waals surface area contributed by atoms with Gasteiger partial charge in [0, 0.05) is 15.7 Å². The molecule has 0 spiro atoms. The third-order valence-corrected chi connectivity index (χ3v) is 3.75. The number of benzene rings is 2. The Kier molecular flexibility index (Phi) is 5.21. The zero-order valence-electron chi connectivity index (χ0n) is 11.7. The monoisotopic (exact) mass is 330 g/mol. The van der Waals surface area contributed by atoms with Gasteiger partial charge in [0.05, 0.1) is 0 Å². The highest BCUT2D eigenvalue weighted by Crippen LogP contribution is 2.21. The lowest BCUT2D eigenvalue weighted by molar-refractivity contribution is -0.112. The molecule has 1 N–H and O–H groups in total. The number of hydrogen-bond donors (Lipinski definition) is 1. The van der Waals surface area contributed by atoms with Crippen molar-refractivity contribution in [3.8, 4) is 6.07 Å². The lowest BCUT2D eigenvalue weighted by Crippen LogP contribution is -2.13. The third-order valence-electron chi connectivity index (χ3n) is 3.00. The van der Waals surface area contributed by atoms with E-state index in [0.717, 1.165) is 5.56 Å². The smallest absolute Gasteiger partial charge is 0.266 e. The Bertz CT molecular complexity index is 791. The first-order chi connectivity index (χ1) is 10.5. The van der Waals surface area contributed by atoms with Crippen LogP contribution >= 0.6 is 23.2 Å². The zero-order valence-corrected chi connectivity index (χ0v) is 13.2. The summed E-state index contributed by atoms with van der Waals surface area (Å²) in [6.45, 7) is 1.87. The molecule has 0 heterocycles. The summed E-state index contributed by atoms with van der Waals surface area (Å²) in [7, 11) is 0. The predicted molar refractivity (Wildman–Crippen MR) is 89.9 cm³/mol. The molecule has 0 aliphatic rings. The van der Waals surface area contributed by atoms with Crippen molar-refractivity contribution >= 4 is 40.9 Å². The van der Waals surface area contributed by atoms with E-state index >= 15 is 0 Å². The van der Waals surface area contributed by atoms with Crippen molar-refractivity contribution in [3.05, 3.63) is 69.2 Å². The molecule has 1 amide bonds. The van der Waals surface area contributed by atoms with Crippen molar-refractivity contribution in [1.82, 2.24) is 0 Å². The Balaban J connectivity index is 2.24. The number of aryl methyl sites for hydroxylation is 1. The van der Waals surface area contributed by atoms with E-state index in [9.17, 15) is 10.1 Å². The first kappa shape index (κ1) is 16.1. The first-order valence-electron chi connectivity index (χ1n) is 6.45. The fourth-order valence-corrected chi connectivity index (χ4v) is 2.14. The number of nitrogens with one attached hydrogen (secondary N) is 1. The number of hydrogen-bond acceptors (Lipinski definition) is 2. The minimum atomic E-state index is -0.512. The van der Waals surface area contributed by atoms with Gasteiger partial charge >= 0.3 is 0 Å². The van der Waals surface area contributed by atoms with Crippen LogP contribution in [-0.2, 0) is 4.79 Å². The molecule has 5 heteroatoms. The van der Waals surface area contributed by atoms with E-state index in [1.54, 1.807) is 42.5 Å². The summed E-state index contributed by atoms with van der Waals surface area (Å²) >= 11 is 12.0. The first-order valence-corrected chi connectivity index (χ1v) is 7.20. The van der Waals surface area contributed by atoms with Crippen LogP contribution in [0.15, 0.2) is 48.0 Å². The molecular formula is C17H12Cl2N2O. The number of halogens is 2. The molecule has 22 heavy (non-hydrogen) atoms. The second kappa shape index (κ2) is 7.13. The van der Waals surface area contributed by atoms with E-state index in [1.165, 1.54) is 6.08 Å². The summed E-state index contributed by atoms with van der Waals surface area (Å²) in [6, 6.07) is 14.0. The highest BCUT2D eigenvalue weighted by atomic mass is 35.5. The number of nitrogens with zero attached hydrogens (tertiary/aromatic N) is 1. The summed E-state index contributed by atoms with van der Waals surface area (Å²) in [4.78, 5) is 12.2. The Morgan fingerprint density at radius 2 is 1.91 bits per heavy atom. The molecule has 0 unspecified atom stereocenters. The maximum Gasteiger partial charge on any atom is 0.266 e. The molecular weight excluding hydrogens is 319 g/mol. The van der Waals surface area contributed by atoms with E-state index in [-0.39, 0.29) is 5.57 Å². The Hall–Kier alpha value is -2.28. The van der Waals surface area contributed by atoms with Gasteiger partial charge in [-0.15, -0.1) is 0 Å². The summed E-state index contributed by atoms with van der Waals surface area (Å²) in [5, 5.41) is 12.8. The van der Waals surface area contributed by atoms with Gasteiger partial charge < -0.3 is 5.32 Å². The van der Waals surface area contributed by atoms with Crippen LogP contribution < -0.4 is 5.32 Å². The van der Waals surface area contributed by atoms with E-state index in [1.807, 2.05) is 13.0 Å². The lowest BCUT2D eigenvalue weighted by Gasteiger charge is -2.06. The van der Waals surface area contributed by atoms with Crippen LogP contribution in [0.3, 0.4) is 0 Å². The Morgan fingerprint density at radius 1 is 1.18 bits per heavy atom. The molecule has 0 saturated heterocycles. The number of nitriles is 1. The SMILES string of the molecule is Cc1ccc(NC(=O)/C(C#N)=C/c2ccccc2Cl)cc1Cl. The standard InChI is InChI=1S/C17H12Cl2N2O/c1-11-6-7-14(9-16(11)19)21-17(22)13(10-20)8-12-4-2-3-5-15(12)18/h2-9H,1H3,(H,21,22)/b13-8+. The van der Waals surface area contributed by atoms with E-state index in [2.05, 4.69) is 5.32 Å². The average molecular weight is 331 g/mol. The van der Waals surface area contributed by atoms with Crippen LogP contribution in [0.25, 0.3) is 6.08 Å². The van der Waals surface area contributed by atoms with Crippen molar-refractivity contribution in [1.29, 1.82) is 5.26 Å². The minimum Gasteiger partial charge on any atom is -0.321 e. The second-order valence-electron chi connectivity index (χ2n) is 4.61. The summed E-state index contributed by atoms with van der Waals surface area (Å²) in [5.74, 6) is -0.512. The maximum absolute atomic E-state index is 12.2. The van der Waals surface area contributed by atoms with Crippen molar-refractivity contribution in [3.63, 3.8) is 0 Å². The van der Waals surface area contributed by atoms with Crippen LogP contribution in [0, 0.1) is 18.3 Å². The molecule has 2 rings (SSSR count). The lowest BCUT2D eigenvalue weighted by atomic mass is 10.1. The van der Waals surface area contributed by atoms with Gasteiger partial charge in [0.1, 0.15) is 11.6 Å². The van der Waals surface area contributed by atoms with Gasteiger partial charge in [0.15, 0.2) is 0 Å². The summed E-state index contributed by atoms with van der Waals surface area (Å²) in [6.07, 6.45) is 1.45. The number of anilines is 1. The number of rotatable bonds is 3. The summed E-state index contributed by atoms with van der Waals surface area (Å²) in [5.41, 5.74) is 2.01. The third kappa shape index (κ3) is 3.88. The number of carbonyl (C=O) groups excluding carboxylic acids is 1. The molecule has 110 valence electrons. The predicted octanol–water partition coefficient (Wildman–Crippen LogP) is 4.85. The quantitative estimate of drug-likeness (QED) is 0.646. The van der Waals surface area contributed by atoms with Crippen LogP contribution in [0.1, 0.15) is 11.1 Å². The Labute approximate surface area is 138 Å². The highest BCUT2D eigenvalue weighted by Gasteiger charge is 2.11. The van der Waals surface area contributed by atoms with Crippen LogP contribution in [0.5, 0.6) is 0 Å². The highest BCUT2D eigenvalue weighted by molar-refractivity contribution is 6.32. The summed E-state index contributed by atoms with van der Waals surface area (Å²) < 4.78 is 0. The molecule has 3 nitrogen and oxygen atoms in total. The van der Waals surface area contributed by atoms with Crippen molar-refractivity contribution in [2.75, 3.05) is 5.32 Å². The van der Waals surface area contributed by atoms with Gasteiger partial charge in [-0.25, -0.2) is 0 Å². The van der Waals surface area contributed by atoms with Gasteiger partial charge in [-0.2, -0.15) is 5.26 Å². The van der Waals surface area contributed by atoms with E-state index in [0.29, 0.717) is 21.3 Å². The fraction of sp³-hybridized carbons (Fsp3) is 0.0588. The van der Waals surface area contributed by atoms with Gasteiger partial charge in [-0.3, -0.25) is 4.79 Å². The minimum absolute atomic E-state index is 0.0372. The Morgan fingerprint density at radius 3 is 2.55 bits per heavy atom. The van der Waals surface area contributed by atoms with Gasteiger partial charge in [-0.05, 0) is 42.3 Å². The molecule has 2 aromatic rings. The molecule has 0 bridgehead atoms. The molecule has 0 fully saturated rings. The average Bonchev–Trinajstić information content (AvgIpc) is 2.50. The number of carbonyl (C=O) groups is 1. The molecule has 0 atom stereocenters. The van der Waals surface area contributed by atoms with Gasteiger partial charge in [0.25, 0.3) is 5.91 Å². The van der Waals surface area contributed by atoms with Crippen molar-refractivity contribution in [2.24, 2.45) is 0 Å². The largest absolute Gasteiger partial charge is 0.321 e.